The van der Waals surface area contributed by atoms with Gasteiger partial charge in [0.15, 0.2) is 6.10 Å². The minimum absolute atomic E-state index is 0.238. The fraction of sp³-hybridized carbons (Fsp3) is 0.312. The van der Waals surface area contributed by atoms with E-state index in [9.17, 15) is 18.8 Å². The van der Waals surface area contributed by atoms with Gasteiger partial charge in [0.1, 0.15) is 18.2 Å². The van der Waals surface area contributed by atoms with Gasteiger partial charge in [-0.05, 0) is 31.2 Å². The molecule has 1 atom stereocenters. The Labute approximate surface area is 136 Å². The molecule has 0 saturated carbocycles. The summed E-state index contributed by atoms with van der Waals surface area (Å²) < 4.78 is 25.4. The Hall–Kier alpha value is -2.90. The maximum Gasteiger partial charge on any atom is 0.347 e. The molecule has 0 aliphatic rings. The lowest BCUT2D eigenvalue weighted by Gasteiger charge is -2.15. The molecule has 0 unspecified atom stereocenters. The van der Waals surface area contributed by atoms with Gasteiger partial charge >= 0.3 is 11.7 Å². The van der Waals surface area contributed by atoms with Crippen LogP contribution in [-0.4, -0.2) is 21.2 Å². The minimum atomic E-state index is -0.931. The maximum atomic E-state index is 12.8. The Kier molecular flexibility index (Phi) is 5.18. The summed E-state index contributed by atoms with van der Waals surface area (Å²) in [6.07, 6.45) is -0.931. The van der Waals surface area contributed by atoms with Crippen LogP contribution in [0.5, 0.6) is 5.75 Å². The third-order valence-electron chi connectivity index (χ3n) is 3.45. The molecule has 0 spiro atoms. The van der Waals surface area contributed by atoms with Crippen LogP contribution in [0, 0.1) is 5.82 Å². The Balaban J connectivity index is 2.01. The zero-order valence-corrected chi connectivity index (χ0v) is 13.5. The Bertz CT molecular complexity index is 854. The van der Waals surface area contributed by atoms with E-state index in [0.717, 1.165) is 4.57 Å². The number of hydrogen-bond donors (Lipinski definition) is 0. The van der Waals surface area contributed by atoms with Crippen molar-refractivity contribution in [3.05, 3.63) is 62.7 Å². The summed E-state index contributed by atoms with van der Waals surface area (Å²) in [5, 5.41) is 0. The Morgan fingerprint density at radius 2 is 1.79 bits per heavy atom. The van der Waals surface area contributed by atoms with E-state index in [0.29, 0.717) is 5.75 Å². The molecule has 8 heteroatoms. The van der Waals surface area contributed by atoms with Crippen molar-refractivity contribution in [2.24, 2.45) is 14.1 Å². The van der Waals surface area contributed by atoms with Gasteiger partial charge in [-0.3, -0.25) is 13.9 Å². The van der Waals surface area contributed by atoms with Gasteiger partial charge in [0.25, 0.3) is 5.56 Å². The van der Waals surface area contributed by atoms with Crippen molar-refractivity contribution in [3.8, 4) is 5.75 Å². The molecule has 1 aromatic heterocycles. The van der Waals surface area contributed by atoms with Gasteiger partial charge in [-0.25, -0.2) is 14.0 Å². The third kappa shape index (κ3) is 3.89. The average molecular weight is 336 g/mol. The molecular weight excluding hydrogens is 319 g/mol. The number of ether oxygens (including phenoxy) is 2. The predicted molar refractivity (Wildman–Crippen MR) is 83.2 cm³/mol. The lowest BCUT2D eigenvalue weighted by Crippen LogP contribution is -2.38. The second kappa shape index (κ2) is 7.12. The van der Waals surface area contributed by atoms with Crippen LogP contribution >= 0.6 is 0 Å². The van der Waals surface area contributed by atoms with E-state index in [1.165, 1.54) is 55.9 Å². The lowest BCUT2D eigenvalue weighted by molar-refractivity contribution is -0.152. The first-order valence-corrected chi connectivity index (χ1v) is 7.14. The molecule has 0 fully saturated rings. The van der Waals surface area contributed by atoms with E-state index >= 15 is 0 Å². The molecule has 0 aliphatic carbocycles. The highest BCUT2D eigenvalue weighted by Crippen LogP contribution is 2.13. The van der Waals surface area contributed by atoms with Crippen LogP contribution in [0.4, 0.5) is 4.39 Å². The van der Waals surface area contributed by atoms with Gasteiger partial charge in [-0.1, -0.05) is 0 Å². The molecule has 2 rings (SSSR count). The van der Waals surface area contributed by atoms with Crippen LogP contribution in [0.1, 0.15) is 12.6 Å². The molecular formula is C16H17FN2O5. The average Bonchev–Trinajstić information content (AvgIpc) is 2.56. The quantitative estimate of drug-likeness (QED) is 0.752. The normalized spacial score (nSPS) is 11.8. The summed E-state index contributed by atoms with van der Waals surface area (Å²) in [7, 11) is 2.84. The molecule has 24 heavy (non-hydrogen) atoms. The van der Waals surface area contributed by atoms with Crippen molar-refractivity contribution in [3.63, 3.8) is 0 Å². The van der Waals surface area contributed by atoms with E-state index in [4.69, 9.17) is 9.47 Å². The molecule has 0 aliphatic heterocycles. The Morgan fingerprint density at radius 3 is 2.42 bits per heavy atom. The number of halogens is 1. The predicted octanol–water partition coefficient (Wildman–Crippen LogP) is 0.734. The van der Waals surface area contributed by atoms with Crippen molar-refractivity contribution in [1.82, 2.24) is 9.13 Å². The molecule has 128 valence electrons. The van der Waals surface area contributed by atoms with Crippen molar-refractivity contribution in [2.45, 2.75) is 19.6 Å². The van der Waals surface area contributed by atoms with Gasteiger partial charge in [0.2, 0.25) is 0 Å². The zero-order valence-electron chi connectivity index (χ0n) is 13.5. The molecule has 1 aromatic carbocycles. The summed E-state index contributed by atoms with van der Waals surface area (Å²) in [5.74, 6) is -0.765. The molecule has 0 N–H and O–H groups in total. The smallest absolute Gasteiger partial charge is 0.347 e. The van der Waals surface area contributed by atoms with Gasteiger partial charge in [-0.15, -0.1) is 0 Å². The maximum absolute atomic E-state index is 12.8. The standard InChI is InChI=1S/C16H17FN2O5/c1-10(24-13-6-4-11(17)5-7-13)15(21)23-9-12-8-14(20)19(3)16(22)18(12)2/h4-8,10H,9H2,1-3H3/t10-/m1/s1. The second-order valence-electron chi connectivity index (χ2n) is 5.20. The first kappa shape index (κ1) is 17.5. The highest BCUT2D eigenvalue weighted by molar-refractivity contribution is 5.74. The topological polar surface area (TPSA) is 79.5 Å². The highest BCUT2D eigenvalue weighted by Gasteiger charge is 2.17. The van der Waals surface area contributed by atoms with Crippen LogP contribution in [0.25, 0.3) is 0 Å². The van der Waals surface area contributed by atoms with Gasteiger partial charge in [-0.2, -0.15) is 0 Å². The van der Waals surface area contributed by atoms with Gasteiger partial charge in [0, 0.05) is 20.2 Å². The molecule has 0 saturated heterocycles. The zero-order chi connectivity index (χ0) is 17.9. The largest absolute Gasteiger partial charge is 0.479 e. The lowest BCUT2D eigenvalue weighted by atomic mass is 10.3. The number of carbonyl (C=O) groups excluding carboxylic acids is 1. The molecule has 0 radical (unpaired) electrons. The van der Waals surface area contributed by atoms with E-state index < -0.39 is 29.1 Å². The highest BCUT2D eigenvalue weighted by atomic mass is 19.1. The number of nitrogens with zero attached hydrogens (tertiary/aromatic N) is 2. The number of hydrogen-bond acceptors (Lipinski definition) is 5. The first-order chi connectivity index (χ1) is 11.3. The molecule has 7 nitrogen and oxygen atoms in total. The number of carbonyl (C=O) groups is 1. The van der Waals surface area contributed by atoms with Crippen LogP contribution in [0.3, 0.4) is 0 Å². The summed E-state index contributed by atoms with van der Waals surface area (Å²) in [6, 6.07) is 6.43. The van der Waals surface area contributed by atoms with Crippen LogP contribution in [-0.2, 0) is 30.2 Å². The van der Waals surface area contributed by atoms with Crippen LogP contribution < -0.4 is 16.0 Å². The van der Waals surface area contributed by atoms with Gasteiger partial charge < -0.3 is 9.47 Å². The van der Waals surface area contributed by atoms with Crippen molar-refractivity contribution < 1.29 is 18.7 Å². The van der Waals surface area contributed by atoms with E-state index in [-0.39, 0.29) is 12.3 Å². The molecule has 1 heterocycles. The van der Waals surface area contributed by atoms with Gasteiger partial charge in [0.05, 0.1) is 5.69 Å². The van der Waals surface area contributed by atoms with E-state index in [2.05, 4.69) is 0 Å². The minimum Gasteiger partial charge on any atom is -0.479 e. The number of aromatic nitrogens is 2. The van der Waals surface area contributed by atoms with Crippen LogP contribution in [0.2, 0.25) is 0 Å². The number of rotatable bonds is 5. The molecule has 0 bridgehead atoms. The fourth-order valence-electron chi connectivity index (χ4n) is 1.94. The Morgan fingerprint density at radius 1 is 1.17 bits per heavy atom. The number of esters is 1. The molecule has 2 aromatic rings. The first-order valence-electron chi connectivity index (χ1n) is 7.14. The number of benzene rings is 1. The summed E-state index contributed by atoms with van der Waals surface area (Å²) in [4.78, 5) is 35.3. The summed E-state index contributed by atoms with van der Waals surface area (Å²) in [6.45, 7) is 1.24. The van der Waals surface area contributed by atoms with Crippen molar-refractivity contribution >= 4 is 5.97 Å². The monoisotopic (exact) mass is 336 g/mol. The van der Waals surface area contributed by atoms with E-state index in [1.807, 2.05) is 0 Å². The van der Waals surface area contributed by atoms with Crippen molar-refractivity contribution in [1.29, 1.82) is 0 Å². The fourth-order valence-corrected chi connectivity index (χ4v) is 1.94. The van der Waals surface area contributed by atoms with Crippen LogP contribution in [0.15, 0.2) is 39.9 Å². The summed E-state index contributed by atoms with van der Waals surface area (Å²) in [5.41, 5.74) is -0.727. The SMILES string of the molecule is C[C@@H](Oc1ccc(F)cc1)C(=O)OCc1cc(=O)n(C)c(=O)n1C. The third-order valence-corrected chi connectivity index (χ3v) is 3.45. The summed E-state index contributed by atoms with van der Waals surface area (Å²) >= 11 is 0. The second-order valence-corrected chi connectivity index (χ2v) is 5.20. The molecule has 0 amide bonds. The van der Waals surface area contributed by atoms with Crippen molar-refractivity contribution in [2.75, 3.05) is 0 Å². The van der Waals surface area contributed by atoms with E-state index in [1.54, 1.807) is 0 Å².